The molecule has 0 spiro atoms. The molecule has 5 heteroatoms. The van der Waals surface area contributed by atoms with Gasteiger partial charge in [-0.2, -0.15) is 0 Å². The summed E-state index contributed by atoms with van der Waals surface area (Å²) in [6, 6.07) is 11.3. The molecule has 5 nitrogen and oxygen atoms in total. The fourth-order valence-electron chi connectivity index (χ4n) is 3.66. The Bertz CT molecular complexity index is 994. The number of benzene rings is 2. The molecule has 1 saturated carbocycles. The van der Waals surface area contributed by atoms with Crippen molar-refractivity contribution in [3.8, 4) is 23.0 Å². The molecule has 3 rings (SSSR count). The number of Topliss-reactive ketones (excluding diaryl/α,β-unsaturated/α-hetero) is 1. The zero-order valence-electron chi connectivity index (χ0n) is 19.3. The van der Waals surface area contributed by atoms with Crippen LogP contribution in [-0.4, -0.2) is 33.2 Å². The quantitative estimate of drug-likeness (QED) is 0.328. The van der Waals surface area contributed by atoms with Gasteiger partial charge in [-0.15, -0.1) is 0 Å². The number of methoxy groups -OCH3 is 2. The predicted octanol–water partition coefficient (Wildman–Crippen LogP) is 6.05. The van der Waals surface area contributed by atoms with Crippen LogP contribution in [0.15, 0.2) is 72.9 Å². The predicted molar refractivity (Wildman–Crippen MR) is 132 cm³/mol. The van der Waals surface area contributed by atoms with Gasteiger partial charge in [-0.3, -0.25) is 4.79 Å². The summed E-state index contributed by atoms with van der Waals surface area (Å²) in [5.74, 6) is 2.60. The van der Waals surface area contributed by atoms with Crippen molar-refractivity contribution in [3.63, 3.8) is 0 Å². The number of carbonyl (C=O) groups is 1. The highest BCUT2D eigenvalue weighted by Gasteiger charge is 2.21. The Morgan fingerprint density at radius 2 is 1.21 bits per heavy atom. The van der Waals surface area contributed by atoms with E-state index in [1.54, 1.807) is 26.4 Å². The van der Waals surface area contributed by atoms with Crippen LogP contribution in [0.4, 0.5) is 0 Å². The Kier molecular flexibility index (Phi) is 8.53. The monoisotopic (exact) mass is 446 g/mol. The average molecular weight is 447 g/mol. The fraction of sp³-hybridized carbons (Fsp3) is 0.250. The van der Waals surface area contributed by atoms with E-state index in [0.29, 0.717) is 36.2 Å². The Morgan fingerprint density at radius 1 is 0.758 bits per heavy atom. The summed E-state index contributed by atoms with van der Waals surface area (Å²) in [5.41, 5.74) is 3.36. The first-order valence-corrected chi connectivity index (χ1v) is 10.9. The van der Waals surface area contributed by atoms with E-state index in [-0.39, 0.29) is 5.78 Å². The number of ketones is 1. The summed E-state index contributed by atoms with van der Waals surface area (Å²) >= 11 is 0. The summed E-state index contributed by atoms with van der Waals surface area (Å²) in [6.07, 6.45) is 9.63. The third-order valence-corrected chi connectivity index (χ3v) is 5.25. The normalized spacial score (nSPS) is 15.9. The highest BCUT2D eigenvalue weighted by Crippen LogP contribution is 2.33. The molecule has 0 radical (unpaired) electrons. The molecule has 2 aromatic rings. The van der Waals surface area contributed by atoms with Gasteiger partial charge in [-0.1, -0.05) is 37.4 Å². The van der Waals surface area contributed by atoms with Gasteiger partial charge in [0.25, 0.3) is 0 Å². The number of rotatable bonds is 10. The molecule has 0 unspecified atom stereocenters. The van der Waals surface area contributed by atoms with E-state index in [1.165, 1.54) is 0 Å². The Labute approximate surface area is 195 Å². The van der Waals surface area contributed by atoms with Gasteiger partial charge in [0, 0.05) is 11.1 Å². The van der Waals surface area contributed by atoms with Gasteiger partial charge in [-0.05, 0) is 66.8 Å². The minimum absolute atomic E-state index is 0.0677. The molecule has 0 atom stereocenters. The van der Waals surface area contributed by atoms with E-state index >= 15 is 0 Å². The third-order valence-electron chi connectivity index (χ3n) is 5.25. The Morgan fingerprint density at radius 3 is 1.61 bits per heavy atom. The van der Waals surface area contributed by atoms with Crippen molar-refractivity contribution >= 4 is 17.9 Å². The topological polar surface area (TPSA) is 54.0 Å². The molecule has 0 bridgehead atoms. The molecule has 1 fully saturated rings. The van der Waals surface area contributed by atoms with E-state index in [0.717, 1.165) is 41.5 Å². The van der Waals surface area contributed by atoms with Crippen LogP contribution < -0.4 is 18.9 Å². The van der Waals surface area contributed by atoms with Crippen LogP contribution in [0, 0.1) is 0 Å². The van der Waals surface area contributed by atoms with E-state index in [1.807, 2.05) is 48.6 Å². The molecular formula is C28H30O5. The maximum Gasteiger partial charge on any atom is 0.185 e. The van der Waals surface area contributed by atoms with Gasteiger partial charge in [0.15, 0.2) is 28.8 Å². The Hall–Kier alpha value is -3.73. The van der Waals surface area contributed by atoms with Crippen LogP contribution in [0.25, 0.3) is 12.2 Å². The van der Waals surface area contributed by atoms with Crippen molar-refractivity contribution in [3.05, 3.63) is 84.0 Å². The fourth-order valence-corrected chi connectivity index (χ4v) is 3.66. The van der Waals surface area contributed by atoms with Crippen LogP contribution in [-0.2, 0) is 4.79 Å². The van der Waals surface area contributed by atoms with Crippen molar-refractivity contribution in [2.75, 3.05) is 27.4 Å². The second-order valence-electron chi connectivity index (χ2n) is 7.54. The molecule has 0 saturated heterocycles. The van der Waals surface area contributed by atoms with E-state index in [2.05, 4.69) is 13.2 Å². The molecular weight excluding hydrogens is 416 g/mol. The van der Waals surface area contributed by atoms with Gasteiger partial charge in [0.05, 0.1) is 14.2 Å². The smallest absolute Gasteiger partial charge is 0.185 e. The molecule has 2 aromatic carbocycles. The van der Waals surface area contributed by atoms with Crippen LogP contribution in [0.5, 0.6) is 23.0 Å². The number of ether oxygens (including phenoxy) is 4. The van der Waals surface area contributed by atoms with Crippen molar-refractivity contribution < 1.29 is 23.7 Å². The summed E-state index contributed by atoms with van der Waals surface area (Å²) in [4.78, 5) is 13.2. The van der Waals surface area contributed by atoms with Gasteiger partial charge in [0.2, 0.25) is 0 Å². The van der Waals surface area contributed by atoms with Crippen molar-refractivity contribution in [1.82, 2.24) is 0 Å². The first-order chi connectivity index (χ1) is 16.1. The minimum Gasteiger partial charge on any atom is -0.493 e. The zero-order chi connectivity index (χ0) is 23.6. The van der Waals surface area contributed by atoms with E-state index in [9.17, 15) is 4.79 Å². The molecule has 33 heavy (non-hydrogen) atoms. The molecule has 1 aliphatic carbocycles. The van der Waals surface area contributed by atoms with Crippen LogP contribution >= 0.6 is 0 Å². The van der Waals surface area contributed by atoms with Gasteiger partial charge in [0.1, 0.15) is 13.2 Å². The summed E-state index contributed by atoms with van der Waals surface area (Å²) in [5, 5.41) is 0. The van der Waals surface area contributed by atoms with Crippen LogP contribution in [0.2, 0.25) is 0 Å². The number of carbonyl (C=O) groups excluding carboxylic acids is 1. The van der Waals surface area contributed by atoms with Crippen LogP contribution in [0.3, 0.4) is 0 Å². The minimum atomic E-state index is 0.0677. The molecule has 0 aliphatic heterocycles. The largest absolute Gasteiger partial charge is 0.493 e. The highest BCUT2D eigenvalue weighted by molar-refractivity contribution is 6.14. The summed E-state index contributed by atoms with van der Waals surface area (Å²) in [7, 11) is 3.20. The molecule has 0 N–H and O–H groups in total. The summed E-state index contributed by atoms with van der Waals surface area (Å²) in [6.45, 7) is 8.12. The first kappa shape index (κ1) is 23.9. The Balaban J connectivity index is 1.83. The molecule has 0 amide bonds. The maximum absolute atomic E-state index is 13.2. The number of hydrogen-bond acceptors (Lipinski definition) is 5. The van der Waals surface area contributed by atoms with Gasteiger partial charge < -0.3 is 18.9 Å². The van der Waals surface area contributed by atoms with Gasteiger partial charge >= 0.3 is 0 Å². The van der Waals surface area contributed by atoms with Crippen molar-refractivity contribution in [2.45, 2.75) is 19.3 Å². The lowest BCUT2D eigenvalue weighted by Gasteiger charge is -2.17. The lowest BCUT2D eigenvalue weighted by Crippen LogP contribution is -2.12. The second-order valence-corrected chi connectivity index (χ2v) is 7.54. The first-order valence-electron chi connectivity index (χ1n) is 10.9. The maximum atomic E-state index is 13.2. The average Bonchev–Trinajstić information content (AvgIpc) is 2.84. The van der Waals surface area contributed by atoms with Crippen molar-refractivity contribution in [1.29, 1.82) is 0 Å². The molecule has 1 aliphatic rings. The molecule has 0 heterocycles. The SMILES string of the molecule is C=CCOc1ccc(/C=C2\CCC/C(=C\c3ccc(OCC=C)c(OC)c3)C2=O)cc1OC. The number of hydrogen-bond donors (Lipinski definition) is 0. The second kappa shape index (κ2) is 11.8. The molecule has 0 aromatic heterocycles. The van der Waals surface area contributed by atoms with Gasteiger partial charge in [-0.25, -0.2) is 0 Å². The third kappa shape index (κ3) is 6.16. The standard InChI is InChI=1S/C28H30O5/c1-5-14-32-24-12-10-20(18-26(24)30-3)16-22-8-7-9-23(28(22)29)17-21-11-13-25(33-15-6-2)27(19-21)31-4/h5-6,10-13,16-19H,1-2,7-9,14-15H2,3-4H3/b22-16+,23-17+. The highest BCUT2D eigenvalue weighted by atomic mass is 16.5. The lowest BCUT2D eigenvalue weighted by molar-refractivity contribution is -0.112. The van der Waals surface area contributed by atoms with Crippen LogP contribution in [0.1, 0.15) is 30.4 Å². The number of allylic oxidation sites excluding steroid dienone is 2. The summed E-state index contributed by atoms with van der Waals surface area (Å²) < 4.78 is 22.1. The zero-order valence-corrected chi connectivity index (χ0v) is 19.3. The van der Waals surface area contributed by atoms with Crippen molar-refractivity contribution in [2.24, 2.45) is 0 Å². The molecule has 172 valence electrons. The van der Waals surface area contributed by atoms with E-state index < -0.39 is 0 Å². The lowest BCUT2D eigenvalue weighted by atomic mass is 9.87. The van der Waals surface area contributed by atoms with E-state index in [4.69, 9.17) is 18.9 Å².